The molecule has 0 saturated carbocycles. The van der Waals surface area contributed by atoms with Crippen LogP contribution in [0.25, 0.3) is 0 Å². The fourth-order valence-electron chi connectivity index (χ4n) is 2.07. The van der Waals surface area contributed by atoms with Crippen molar-refractivity contribution in [3.63, 3.8) is 0 Å². The summed E-state index contributed by atoms with van der Waals surface area (Å²) in [5.74, 6) is 0.285. The van der Waals surface area contributed by atoms with E-state index in [0.717, 1.165) is 8.68 Å². The number of thiazole rings is 2. The Morgan fingerprint density at radius 3 is 1.54 bits per heavy atom. The van der Waals surface area contributed by atoms with E-state index in [2.05, 4.69) is 9.97 Å². The van der Waals surface area contributed by atoms with Gasteiger partial charge in [0.1, 0.15) is 0 Å². The summed E-state index contributed by atoms with van der Waals surface area (Å²) in [5, 5.41) is 3.53. The number of nitrogens with zero attached hydrogens (tertiary/aromatic N) is 2. The molecule has 0 amide bonds. The maximum Gasteiger partial charge on any atom is 0.161 e. The third-order valence-corrected chi connectivity index (χ3v) is 11.4. The lowest BCUT2D eigenvalue weighted by molar-refractivity contribution is 0.591. The fraction of sp³-hybridized carbons (Fsp3) is 0.571. The Hall–Kier alpha value is -0.140. The van der Waals surface area contributed by atoms with Gasteiger partial charge in [-0.2, -0.15) is 0 Å². The Morgan fingerprint density at radius 1 is 0.808 bits per heavy atom. The summed E-state index contributed by atoms with van der Waals surface area (Å²) < 4.78 is 48.9. The lowest BCUT2D eigenvalue weighted by Gasteiger charge is -1.99. The number of sulfone groups is 2. The monoisotopic (exact) mass is 472 g/mol. The molecule has 146 valence electrons. The van der Waals surface area contributed by atoms with Crippen LogP contribution < -0.4 is 0 Å². The second-order valence-electron chi connectivity index (χ2n) is 5.56. The average Bonchev–Trinajstić information content (AvgIpc) is 3.13. The van der Waals surface area contributed by atoms with Crippen LogP contribution >= 0.6 is 44.3 Å². The van der Waals surface area contributed by atoms with Crippen LogP contribution in [0.4, 0.5) is 0 Å². The van der Waals surface area contributed by atoms with E-state index in [9.17, 15) is 16.8 Å². The number of rotatable bonds is 11. The lowest BCUT2D eigenvalue weighted by Crippen LogP contribution is -2.08. The number of hydrogen-bond acceptors (Lipinski definition) is 10. The molecule has 0 saturated heterocycles. The summed E-state index contributed by atoms with van der Waals surface area (Å²) in [6.07, 6.45) is 1.20. The molecule has 0 bridgehead atoms. The quantitative estimate of drug-likeness (QED) is 0.452. The lowest BCUT2D eigenvalue weighted by atomic mass is 10.6. The van der Waals surface area contributed by atoms with Crippen molar-refractivity contribution in [3.05, 3.63) is 22.1 Å². The Morgan fingerprint density at radius 2 is 1.19 bits per heavy atom. The Labute approximate surface area is 170 Å². The molecule has 2 rings (SSSR count). The zero-order chi connectivity index (χ0) is 19.2. The summed E-state index contributed by atoms with van der Waals surface area (Å²) >= 11 is 2.80. The van der Waals surface area contributed by atoms with Crippen molar-refractivity contribution in [1.82, 2.24) is 9.97 Å². The summed E-state index contributed by atoms with van der Waals surface area (Å²) in [5.41, 5.74) is 1.13. The zero-order valence-electron chi connectivity index (χ0n) is 14.4. The Bertz CT molecular complexity index is 841. The molecule has 0 atom stereocenters. The fourth-order valence-corrected chi connectivity index (χ4v) is 9.13. The molecule has 0 aromatic carbocycles. The van der Waals surface area contributed by atoms with Crippen molar-refractivity contribution in [2.75, 3.05) is 11.5 Å². The molecule has 12 heteroatoms. The van der Waals surface area contributed by atoms with Gasteiger partial charge in [-0.05, 0) is 34.4 Å². The molecule has 2 aromatic heterocycles. The maximum absolute atomic E-state index is 11.8. The first-order chi connectivity index (χ1) is 12.2. The van der Waals surface area contributed by atoms with Crippen LogP contribution in [-0.4, -0.2) is 38.3 Å². The second-order valence-corrected chi connectivity index (χ2v) is 14.3. The highest BCUT2D eigenvalue weighted by atomic mass is 33.1. The molecule has 2 aromatic rings. The minimum atomic E-state index is -3.10. The molecular formula is C14H20N2O4S6. The predicted molar refractivity (Wildman–Crippen MR) is 112 cm³/mol. The zero-order valence-corrected chi connectivity index (χ0v) is 19.3. The van der Waals surface area contributed by atoms with Gasteiger partial charge in [0.2, 0.25) is 0 Å². The van der Waals surface area contributed by atoms with Gasteiger partial charge in [0.05, 0.1) is 34.4 Å². The van der Waals surface area contributed by atoms with Gasteiger partial charge >= 0.3 is 0 Å². The minimum absolute atomic E-state index is 0.0285. The molecule has 0 N–H and O–H groups in total. The third-order valence-electron chi connectivity index (χ3n) is 3.01. The van der Waals surface area contributed by atoms with Gasteiger partial charge < -0.3 is 0 Å². The van der Waals surface area contributed by atoms with Gasteiger partial charge in [-0.3, -0.25) is 0 Å². The molecule has 26 heavy (non-hydrogen) atoms. The Kier molecular flexibility index (Phi) is 8.41. The van der Waals surface area contributed by atoms with Gasteiger partial charge in [0, 0.05) is 10.8 Å². The smallest absolute Gasteiger partial charge is 0.161 e. The molecular weight excluding hydrogens is 453 g/mol. The van der Waals surface area contributed by atoms with E-state index in [-0.39, 0.29) is 23.0 Å². The molecule has 0 aliphatic rings. The van der Waals surface area contributed by atoms with Gasteiger partial charge in [-0.1, -0.05) is 13.8 Å². The van der Waals surface area contributed by atoms with Crippen molar-refractivity contribution in [1.29, 1.82) is 0 Å². The average molecular weight is 473 g/mol. The van der Waals surface area contributed by atoms with Crippen LogP contribution in [-0.2, 0) is 31.2 Å². The molecule has 0 unspecified atom stereocenters. The van der Waals surface area contributed by atoms with Crippen LogP contribution in [0.1, 0.15) is 38.1 Å². The highest BCUT2D eigenvalue weighted by Crippen LogP contribution is 2.40. The number of aromatic nitrogens is 2. The van der Waals surface area contributed by atoms with Crippen LogP contribution in [0, 0.1) is 0 Å². The van der Waals surface area contributed by atoms with E-state index >= 15 is 0 Å². The largest absolute Gasteiger partial charge is 0.233 e. The van der Waals surface area contributed by atoms with Crippen LogP contribution in [0.3, 0.4) is 0 Å². The van der Waals surface area contributed by atoms with Crippen molar-refractivity contribution < 1.29 is 16.8 Å². The van der Waals surface area contributed by atoms with E-state index in [1.165, 1.54) is 44.3 Å². The molecule has 0 fully saturated rings. The second kappa shape index (κ2) is 9.87. The van der Waals surface area contributed by atoms with Crippen LogP contribution in [0.2, 0.25) is 0 Å². The third kappa shape index (κ3) is 7.47. The van der Waals surface area contributed by atoms with E-state index in [4.69, 9.17) is 0 Å². The van der Waals surface area contributed by atoms with E-state index in [1.54, 1.807) is 10.8 Å². The van der Waals surface area contributed by atoms with Gasteiger partial charge in [0.25, 0.3) is 0 Å². The summed E-state index contributed by atoms with van der Waals surface area (Å²) in [4.78, 5) is 8.69. The van der Waals surface area contributed by atoms with E-state index in [0.29, 0.717) is 24.2 Å². The predicted octanol–water partition coefficient (Wildman–Crippen LogP) is 4.05. The molecule has 0 aliphatic carbocycles. The molecule has 2 heterocycles. The van der Waals surface area contributed by atoms with E-state index < -0.39 is 19.7 Å². The topological polar surface area (TPSA) is 94.1 Å². The van der Waals surface area contributed by atoms with E-state index in [1.807, 2.05) is 13.8 Å². The summed E-state index contributed by atoms with van der Waals surface area (Å²) in [6.45, 7) is 3.68. The van der Waals surface area contributed by atoms with Gasteiger partial charge in [0.15, 0.2) is 28.4 Å². The first-order valence-electron chi connectivity index (χ1n) is 7.87. The summed E-state index contributed by atoms with van der Waals surface area (Å²) in [7, 11) is -3.39. The first kappa shape index (κ1) is 22.2. The van der Waals surface area contributed by atoms with Crippen molar-refractivity contribution in [3.8, 4) is 0 Å². The van der Waals surface area contributed by atoms with Crippen molar-refractivity contribution >= 4 is 63.9 Å². The van der Waals surface area contributed by atoms with Crippen LogP contribution in [0.5, 0.6) is 0 Å². The van der Waals surface area contributed by atoms with Crippen LogP contribution in [0.15, 0.2) is 19.4 Å². The standard InChI is InChI=1S/C14H20N2O4S6/c1-3-5-25(17,18)9-11-7-21-13(15-11)23-24-14-16-12(8-22-14)10-26(19,20)6-4-2/h7-8H,3-6,9-10H2,1-2H3. The van der Waals surface area contributed by atoms with Crippen molar-refractivity contribution in [2.45, 2.75) is 46.9 Å². The SMILES string of the molecule is CCCS(=O)(=O)Cc1csc(SSc2nc(CS(=O)(=O)CCC)cs2)n1. The normalized spacial score (nSPS) is 12.5. The summed E-state index contributed by atoms with van der Waals surface area (Å²) in [6, 6.07) is 0. The van der Waals surface area contributed by atoms with Gasteiger partial charge in [-0.15, -0.1) is 22.7 Å². The minimum Gasteiger partial charge on any atom is -0.233 e. The Balaban J connectivity index is 1.90. The van der Waals surface area contributed by atoms with Gasteiger partial charge in [-0.25, -0.2) is 26.8 Å². The highest BCUT2D eigenvalue weighted by molar-refractivity contribution is 8.77. The molecule has 6 nitrogen and oxygen atoms in total. The molecule has 0 aliphatic heterocycles. The molecule has 0 spiro atoms. The first-order valence-corrected chi connectivity index (χ1v) is 15.4. The number of hydrogen-bond donors (Lipinski definition) is 0. The molecule has 0 radical (unpaired) electrons. The highest BCUT2D eigenvalue weighted by Gasteiger charge is 2.16. The van der Waals surface area contributed by atoms with Crippen molar-refractivity contribution in [2.24, 2.45) is 0 Å². The maximum atomic E-state index is 11.8.